The Balaban J connectivity index is 0.000000344. The first-order chi connectivity index (χ1) is 16.2. The molecule has 8 nitrogen and oxygen atoms in total. The fourth-order valence-corrected chi connectivity index (χ4v) is 3.73. The van der Waals surface area contributed by atoms with E-state index in [1.54, 1.807) is 17.7 Å². The van der Waals surface area contributed by atoms with E-state index in [1.807, 2.05) is 31.2 Å². The Bertz CT molecular complexity index is 1340. The van der Waals surface area contributed by atoms with E-state index in [-0.39, 0.29) is 6.79 Å². The predicted octanol–water partition coefficient (Wildman–Crippen LogP) is 5.04. The molecule has 2 aromatic heterocycles. The van der Waals surface area contributed by atoms with Crippen LogP contribution >= 0.6 is 11.3 Å². The number of carboxylic acids is 1. The van der Waals surface area contributed by atoms with Crippen LogP contribution in [0.15, 0.2) is 48.1 Å². The number of rotatable bonds is 4. The van der Waals surface area contributed by atoms with Crippen molar-refractivity contribution in [1.82, 2.24) is 15.0 Å². The second-order valence-corrected chi connectivity index (χ2v) is 8.10. The second kappa shape index (κ2) is 9.51. The first-order valence-corrected chi connectivity index (χ1v) is 10.7. The summed E-state index contributed by atoms with van der Waals surface area (Å²) in [6.07, 6.45) is -3.50. The Kier molecular flexibility index (Phi) is 6.50. The molecule has 12 heteroatoms. The van der Waals surface area contributed by atoms with Crippen molar-refractivity contribution in [1.29, 1.82) is 0 Å². The van der Waals surface area contributed by atoms with E-state index >= 15 is 0 Å². The van der Waals surface area contributed by atoms with E-state index in [0.717, 1.165) is 50.0 Å². The predicted molar refractivity (Wildman–Crippen MR) is 119 cm³/mol. The second-order valence-electron chi connectivity index (χ2n) is 7.04. The van der Waals surface area contributed by atoms with Crippen LogP contribution in [0.4, 0.5) is 19.0 Å². The molecule has 34 heavy (non-hydrogen) atoms. The molecule has 0 saturated heterocycles. The number of fused-ring (bicyclic) bond motifs is 2. The van der Waals surface area contributed by atoms with Crippen LogP contribution in [0.2, 0.25) is 0 Å². The van der Waals surface area contributed by atoms with Gasteiger partial charge in [0.25, 0.3) is 0 Å². The van der Waals surface area contributed by atoms with E-state index in [2.05, 4.69) is 37.8 Å². The number of thiazole rings is 1. The Hall–Kier alpha value is -3.93. The highest BCUT2D eigenvalue weighted by molar-refractivity contribution is 7.09. The van der Waals surface area contributed by atoms with Crippen LogP contribution in [0.5, 0.6) is 11.5 Å². The molecule has 176 valence electrons. The van der Waals surface area contributed by atoms with Gasteiger partial charge in [0.2, 0.25) is 6.79 Å². The van der Waals surface area contributed by atoms with Gasteiger partial charge < -0.3 is 19.9 Å². The number of hydrogen-bond donors (Lipinski definition) is 2. The highest BCUT2D eigenvalue weighted by Gasteiger charge is 2.38. The van der Waals surface area contributed by atoms with Gasteiger partial charge in [-0.2, -0.15) is 13.2 Å². The molecule has 0 bridgehead atoms. The number of ether oxygens (including phenoxy) is 2. The number of halogens is 3. The number of benzene rings is 2. The number of nitrogens with one attached hydrogen (secondary N) is 1. The molecule has 0 spiro atoms. The summed E-state index contributed by atoms with van der Waals surface area (Å²) in [5.41, 5.74) is 4.04. The minimum atomic E-state index is -5.08. The highest BCUT2D eigenvalue weighted by atomic mass is 32.1. The Morgan fingerprint density at radius 1 is 1.12 bits per heavy atom. The van der Waals surface area contributed by atoms with E-state index in [9.17, 15) is 13.2 Å². The number of carbonyl (C=O) groups is 1. The average molecular weight is 490 g/mol. The molecule has 2 N–H and O–H groups in total. The van der Waals surface area contributed by atoms with Gasteiger partial charge in [0.05, 0.1) is 22.8 Å². The third-order valence-corrected chi connectivity index (χ3v) is 5.51. The normalized spacial score (nSPS) is 12.2. The van der Waals surface area contributed by atoms with E-state index in [4.69, 9.17) is 19.4 Å². The topological polar surface area (TPSA) is 106 Å². The Morgan fingerprint density at radius 2 is 1.82 bits per heavy atom. The van der Waals surface area contributed by atoms with Crippen molar-refractivity contribution < 1.29 is 32.5 Å². The lowest BCUT2D eigenvalue weighted by Gasteiger charge is -2.09. The fraction of sp³-hybridized carbons (Fsp3) is 0.182. The summed E-state index contributed by atoms with van der Waals surface area (Å²) in [6.45, 7) is 2.91. The molecule has 1 aliphatic heterocycles. The zero-order valence-corrected chi connectivity index (χ0v) is 18.4. The van der Waals surface area contributed by atoms with Crippen LogP contribution in [0, 0.1) is 6.92 Å². The molecule has 0 atom stereocenters. The minimum absolute atomic E-state index is 0.272. The number of hydrogen-bond acceptors (Lipinski definition) is 8. The first-order valence-electron chi connectivity index (χ1n) is 9.80. The van der Waals surface area contributed by atoms with Crippen LogP contribution < -0.4 is 14.8 Å². The molecule has 3 heterocycles. The molecule has 4 aromatic rings. The quantitative estimate of drug-likeness (QED) is 0.410. The summed E-state index contributed by atoms with van der Waals surface area (Å²) >= 11 is 1.65. The van der Waals surface area contributed by atoms with Gasteiger partial charge in [-0.3, -0.25) is 0 Å². The van der Waals surface area contributed by atoms with Gasteiger partial charge in [0.1, 0.15) is 12.1 Å². The van der Waals surface area contributed by atoms with Crippen molar-refractivity contribution in [3.05, 3.63) is 58.8 Å². The molecule has 0 unspecified atom stereocenters. The molecule has 0 fully saturated rings. The maximum Gasteiger partial charge on any atom is 0.490 e. The SMILES string of the molecule is Cc1nc(CNc2ncnc3ccc(-c4ccc5c(c4)OCO5)cc23)cs1.O=C(O)C(F)(F)F. The van der Waals surface area contributed by atoms with Gasteiger partial charge in [0, 0.05) is 10.8 Å². The molecule has 0 amide bonds. The van der Waals surface area contributed by atoms with Crippen molar-refractivity contribution in [3.63, 3.8) is 0 Å². The molecule has 0 radical (unpaired) electrons. The summed E-state index contributed by atoms with van der Waals surface area (Å²) < 4.78 is 42.6. The molecule has 0 saturated carbocycles. The standard InChI is InChI=1S/C20H16N4O2S.C2HF3O2/c1-12-24-15(9-27-12)8-21-20-16-6-13(2-4-17(16)22-10-23-20)14-3-5-18-19(7-14)26-11-25-18;3-2(4,5)1(6)7/h2-7,9-10H,8,11H2,1H3,(H,21,22,23);(H,6,7). The Labute approximate surface area is 195 Å². The van der Waals surface area contributed by atoms with Crippen LogP contribution in [0.25, 0.3) is 22.0 Å². The summed E-state index contributed by atoms with van der Waals surface area (Å²) in [7, 11) is 0. The summed E-state index contributed by atoms with van der Waals surface area (Å²) in [6, 6.07) is 12.1. The number of aliphatic carboxylic acids is 1. The molecular formula is C22H17F3N4O4S. The van der Waals surface area contributed by atoms with E-state index in [1.165, 1.54) is 0 Å². The van der Waals surface area contributed by atoms with Gasteiger partial charge in [-0.25, -0.2) is 19.7 Å². The third-order valence-electron chi connectivity index (χ3n) is 4.69. The maximum absolute atomic E-state index is 10.6. The van der Waals surface area contributed by atoms with Crippen molar-refractivity contribution >= 4 is 34.0 Å². The number of aryl methyl sites for hydroxylation is 1. The largest absolute Gasteiger partial charge is 0.490 e. The summed E-state index contributed by atoms with van der Waals surface area (Å²) in [4.78, 5) is 22.2. The van der Waals surface area contributed by atoms with E-state index in [0.29, 0.717) is 6.54 Å². The molecule has 2 aromatic carbocycles. The zero-order chi connectivity index (χ0) is 24.3. The monoisotopic (exact) mass is 490 g/mol. The van der Waals surface area contributed by atoms with Gasteiger partial charge in [-0.1, -0.05) is 12.1 Å². The van der Waals surface area contributed by atoms with Crippen molar-refractivity contribution in [2.75, 3.05) is 12.1 Å². The van der Waals surface area contributed by atoms with Crippen LogP contribution in [0.3, 0.4) is 0 Å². The smallest absolute Gasteiger partial charge is 0.475 e. The Morgan fingerprint density at radius 3 is 2.53 bits per heavy atom. The summed E-state index contributed by atoms with van der Waals surface area (Å²) in [5.74, 6) is -0.404. The maximum atomic E-state index is 10.6. The average Bonchev–Trinajstić information content (AvgIpc) is 3.45. The molecule has 1 aliphatic rings. The highest BCUT2D eigenvalue weighted by Crippen LogP contribution is 2.37. The number of aromatic nitrogens is 3. The lowest BCUT2D eigenvalue weighted by atomic mass is 10.0. The third kappa shape index (κ3) is 5.34. The van der Waals surface area contributed by atoms with Crippen LogP contribution in [-0.2, 0) is 11.3 Å². The minimum Gasteiger partial charge on any atom is -0.475 e. The number of nitrogens with zero attached hydrogens (tertiary/aromatic N) is 3. The summed E-state index contributed by atoms with van der Waals surface area (Å²) in [5, 5.41) is 14.6. The molecule has 0 aliphatic carbocycles. The molecular weight excluding hydrogens is 473 g/mol. The lowest BCUT2D eigenvalue weighted by Crippen LogP contribution is -2.21. The van der Waals surface area contributed by atoms with Crippen molar-refractivity contribution in [3.8, 4) is 22.6 Å². The van der Waals surface area contributed by atoms with Crippen molar-refractivity contribution in [2.45, 2.75) is 19.6 Å². The fourth-order valence-electron chi connectivity index (χ4n) is 3.12. The van der Waals surface area contributed by atoms with Crippen LogP contribution in [-0.4, -0.2) is 39.0 Å². The van der Waals surface area contributed by atoms with E-state index < -0.39 is 12.1 Å². The van der Waals surface area contributed by atoms with Gasteiger partial charge in [0.15, 0.2) is 11.5 Å². The lowest BCUT2D eigenvalue weighted by molar-refractivity contribution is -0.192. The first kappa shape index (κ1) is 23.2. The van der Waals surface area contributed by atoms with Gasteiger partial charge in [-0.05, 0) is 42.3 Å². The van der Waals surface area contributed by atoms with Gasteiger partial charge >= 0.3 is 12.1 Å². The molecule has 5 rings (SSSR count). The van der Waals surface area contributed by atoms with Gasteiger partial charge in [-0.15, -0.1) is 11.3 Å². The van der Waals surface area contributed by atoms with Crippen LogP contribution in [0.1, 0.15) is 10.7 Å². The number of anilines is 1. The van der Waals surface area contributed by atoms with Crippen molar-refractivity contribution in [2.24, 2.45) is 0 Å². The number of alkyl halides is 3. The number of carboxylic acid groups (broad SMARTS) is 1. The zero-order valence-electron chi connectivity index (χ0n) is 17.6.